The van der Waals surface area contributed by atoms with Gasteiger partial charge in [0.15, 0.2) is 0 Å². The predicted molar refractivity (Wildman–Crippen MR) is 85.9 cm³/mol. The third-order valence-corrected chi connectivity index (χ3v) is 3.79. The zero-order chi connectivity index (χ0) is 17.0. The molecule has 1 aromatic heterocycles. The van der Waals surface area contributed by atoms with Crippen molar-refractivity contribution >= 4 is 29.0 Å². The molecule has 0 saturated heterocycles. The summed E-state index contributed by atoms with van der Waals surface area (Å²) in [6, 6.07) is 6.19. The Bertz CT molecular complexity index is 751. The topological polar surface area (TPSA) is 118 Å². The molecule has 0 aliphatic rings. The van der Waals surface area contributed by atoms with Crippen molar-refractivity contribution in [2.75, 3.05) is 0 Å². The van der Waals surface area contributed by atoms with Crippen LogP contribution in [0.2, 0.25) is 0 Å². The lowest BCUT2D eigenvalue weighted by Gasteiger charge is -2.09. The molecular formula is C16H19N3O4. The Labute approximate surface area is 133 Å². The van der Waals surface area contributed by atoms with Gasteiger partial charge in [0.2, 0.25) is 5.91 Å². The summed E-state index contributed by atoms with van der Waals surface area (Å²) in [6.45, 7) is 1.82. The van der Waals surface area contributed by atoms with Crippen molar-refractivity contribution in [1.82, 2.24) is 4.57 Å². The lowest BCUT2D eigenvalue weighted by molar-refractivity contribution is -0.138. The van der Waals surface area contributed by atoms with Gasteiger partial charge < -0.3 is 16.0 Å². The number of carbonyl (C=O) groups is 2. The number of carboxylic acid groups (broad SMARTS) is 1. The van der Waals surface area contributed by atoms with Crippen LogP contribution in [-0.2, 0) is 11.2 Å². The first-order valence-electron chi connectivity index (χ1n) is 7.28. The summed E-state index contributed by atoms with van der Waals surface area (Å²) in [5, 5.41) is 21.4. The maximum absolute atomic E-state index is 12.6. The number of nitrogens with zero attached hydrogens (tertiary/aromatic N) is 2. The highest BCUT2D eigenvalue weighted by Gasteiger charge is 2.22. The molecule has 0 spiro atoms. The first-order chi connectivity index (χ1) is 11.0. The van der Waals surface area contributed by atoms with Gasteiger partial charge >= 0.3 is 5.97 Å². The van der Waals surface area contributed by atoms with E-state index in [0.29, 0.717) is 17.5 Å². The second-order valence-corrected chi connectivity index (χ2v) is 5.31. The van der Waals surface area contributed by atoms with Crippen molar-refractivity contribution in [2.24, 2.45) is 16.8 Å². The third kappa shape index (κ3) is 3.40. The van der Waals surface area contributed by atoms with Crippen LogP contribution in [0.1, 0.15) is 23.7 Å². The number of carboxylic acids is 1. The molecular weight excluding hydrogens is 298 g/mol. The van der Waals surface area contributed by atoms with Crippen LogP contribution >= 0.6 is 0 Å². The van der Waals surface area contributed by atoms with E-state index >= 15 is 0 Å². The highest BCUT2D eigenvalue weighted by atomic mass is 16.4. The molecule has 122 valence electrons. The largest absolute Gasteiger partial charge is 0.480 e. The molecule has 0 radical (unpaired) electrons. The second-order valence-electron chi connectivity index (χ2n) is 5.31. The van der Waals surface area contributed by atoms with Crippen molar-refractivity contribution in [3.05, 3.63) is 36.0 Å². The molecule has 23 heavy (non-hydrogen) atoms. The first-order valence-corrected chi connectivity index (χ1v) is 7.28. The van der Waals surface area contributed by atoms with Gasteiger partial charge in [-0.3, -0.25) is 14.2 Å². The lowest BCUT2D eigenvalue weighted by Crippen LogP contribution is -2.32. The van der Waals surface area contributed by atoms with Gasteiger partial charge in [0.05, 0.1) is 17.6 Å². The van der Waals surface area contributed by atoms with E-state index in [-0.39, 0.29) is 12.3 Å². The Balaban J connectivity index is 2.49. The van der Waals surface area contributed by atoms with E-state index in [9.17, 15) is 9.59 Å². The Kier molecular flexibility index (Phi) is 5.13. The minimum absolute atomic E-state index is 0.126. The Morgan fingerprint density at radius 1 is 1.39 bits per heavy atom. The minimum atomic E-state index is -1.09. The van der Waals surface area contributed by atoms with Gasteiger partial charge in [-0.25, -0.2) is 0 Å². The van der Waals surface area contributed by atoms with E-state index in [1.165, 1.54) is 10.8 Å². The zero-order valence-corrected chi connectivity index (χ0v) is 12.7. The summed E-state index contributed by atoms with van der Waals surface area (Å²) in [5.74, 6) is -1.89. The molecule has 1 aromatic carbocycles. The summed E-state index contributed by atoms with van der Waals surface area (Å²) < 4.78 is 1.47. The molecule has 0 aliphatic heterocycles. The van der Waals surface area contributed by atoms with Crippen molar-refractivity contribution in [3.8, 4) is 0 Å². The number of oxime groups is 1. The van der Waals surface area contributed by atoms with Crippen LogP contribution in [0.3, 0.4) is 0 Å². The molecule has 0 fully saturated rings. The summed E-state index contributed by atoms with van der Waals surface area (Å²) in [6.07, 6.45) is 3.42. The van der Waals surface area contributed by atoms with Crippen molar-refractivity contribution in [3.63, 3.8) is 0 Å². The lowest BCUT2D eigenvalue weighted by atomic mass is 10.1. The van der Waals surface area contributed by atoms with Crippen molar-refractivity contribution in [2.45, 2.75) is 25.8 Å². The molecule has 7 heteroatoms. The van der Waals surface area contributed by atoms with Gasteiger partial charge in [0.1, 0.15) is 6.04 Å². The van der Waals surface area contributed by atoms with Crippen LogP contribution in [0, 0.1) is 5.92 Å². The maximum Gasteiger partial charge on any atom is 0.320 e. The molecule has 2 rings (SSSR count). The standard InChI is InChI=1S/C16H19N3O4/c1-2-10(8-18-23)15(20)19-9-11(7-13(17)16(21)22)12-5-3-4-6-14(12)19/h3-6,8-10,13,23H,2,7,17H2,1H3,(H,21,22)/b18-8+. The number of aliphatic carboxylic acids is 1. The molecule has 2 aromatic rings. The SMILES string of the molecule is CCC(/C=N/O)C(=O)n1cc(CC(N)C(=O)O)c2ccccc21. The average Bonchev–Trinajstić information content (AvgIpc) is 2.90. The van der Waals surface area contributed by atoms with Gasteiger partial charge in [0.25, 0.3) is 0 Å². The minimum Gasteiger partial charge on any atom is -0.480 e. The zero-order valence-electron chi connectivity index (χ0n) is 12.7. The van der Waals surface area contributed by atoms with Gasteiger partial charge in [0, 0.05) is 18.0 Å². The Morgan fingerprint density at radius 3 is 2.70 bits per heavy atom. The average molecular weight is 317 g/mol. The number of rotatable bonds is 6. The molecule has 0 saturated carbocycles. The van der Waals surface area contributed by atoms with Crippen molar-refractivity contribution < 1.29 is 19.9 Å². The summed E-state index contributed by atoms with van der Waals surface area (Å²) in [7, 11) is 0. The molecule has 2 atom stereocenters. The van der Waals surface area contributed by atoms with E-state index in [4.69, 9.17) is 16.0 Å². The van der Waals surface area contributed by atoms with E-state index in [2.05, 4.69) is 5.16 Å². The highest BCUT2D eigenvalue weighted by Crippen LogP contribution is 2.24. The van der Waals surface area contributed by atoms with E-state index < -0.39 is 17.9 Å². The molecule has 1 heterocycles. The number of benzene rings is 1. The fourth-order valence-corrected chi connectivity index (χ4v) is 2.52. The van der Waals surface area contributed by atoms with Gasteiger partial charge in [-0.05, 0) is 18.1 Å². The van der Waals surface area contributed by atoms with Crippen LogP contribution in [-0.4, -0.2) is 39.0 Å². The van der Waals surface area contributed by atoms with Crippen LogP contribution in [0.5, 0.6) is 0 Å². The van der Waals surface area contributed by atoms with E-state index in [1.54, 1.807) is 18.3 Å². The maximum atomic E-state index is 12.6. The predicted octanol–water partition coefficient (Wildman–Crippen LogP) is 1.72. The number of aromatic nitrogens is 1. The van der Waals surface area contributed by atoms with Crippen LogP contribution in [0.15, 0.2) is 35.6 Å². The Hall–Kier alpha value is -2.67. The second kappa shape index (κ2) is 7.06. The number of para-hydroxylation sites is 1. The fraction of sp³-hybridized carbons (Fsp3) is 0.312. The third-order valence-electron chi connectivity index (χ3n) is 3.79. The van der Waals surface area contributed by atoms with Crippen molar-refractivity contribution in [1.29, 1.82) is 0 Å². The van der Waals surface area contributed by atoms with Crippen LogP contribution in [0.25, 0.3) is 10.9 Å². The number of hydrogen-bond acceptors (Lipinski definition) is 5. The summed E-state index contributed by atoms with van der Waals surface area (Å²) in [5.41, 5.74) is 6.98. The molecule has 0 aliphatic carbocycles. The number of nitrogens with two attached hydrogens (primary N) is 1. The van der Waals surface area contributed by atoms with Crippen LogP contribution < -0.4 is 5.73 Å². The quantitative estimate of drug-likeness (QED) is 0.426. The van der Waals surface area contributed by atoms with Crippen LogP contribution in [0.4, 0.5) is 0 Å². The molecule has 0 amide bonds. The fourth-order valence-electron chi connectivity index (χ4n) is 2.52. The molecule has 0 bridgehead atoms. The smallest absolute Gasteiger partial charge is 0.320 e. The molecule has 2 unspecified atom stereocenters. The van der Waals surface area contributed by atoms with E-state index in [0.717, 1.165) is 5.39 Å². The number of hydrogen-bond donors (Lipinski definition) is 3. The van der Waals surface area contributed by atoms with E-state index in [1.807, 2.05) is 19.1 Å². The monoisotopic (exact) mass is 317 g/mol. The molecule has 4 N–H and O–H groups in total. The normalized spacial score (nSPS) is 14.2. The Morgan fingerprint density at radius 2 is 2.09 bits per heavy atom. The number of fused-ring (bicyclic) bond motifs is 1. The van der Waals surface area contributed by atoms with Gasteiger partial charge in [-0.15, -0.1) is 5.16 Å². The first kappa shape index (κ1) is 16.7. The molecule has 7 nitrogen and oxygen atoms in total. The highest BCUT2D eigenvalue weighted by molar-refractivity contribution is 6.01. The van der Waals surface area contributed by atoms with Gasteiger partial charge in [-0.1, -0.05) is 25.1 Å². The summed E-state index contributed by atoms with van der Waals surface area (Å²) in [4.78, 5) is 23.6. The van der Waals surface area contributed by atoms with Gasteiger partial charge in [-0.2, -0.15) is 0 Å². The number of carbonyl (C=O) groups excluding carboxylic acids is 1. The summed E-state index contributed by atoms with van der Waals surface area (Å²) >= 11 is 0.